The minimum absolute atomic E-state index is 0.00228. The summed E-state index contributed by atoms with van der Waals surface area (Å²) >= 11 is 0. The van der Waals surface area contributed by atoms with Crippen LogP contribution in [-0.4, -0.2) is 22.6 Å². The maximum atomic E-state index is 12.4. The van der Waals surface area contributed by atoms with Crippen molar-refractivity contribution in [2.45, 2.75) is 30.1 Å². The average Bonchev–Trinajstić information content (AvgIpc) is 2.47. The van der Waals surface area contributed by atoms with Gasteiger partial charge in [0.05, 0.1) is 21.2 Å². The molecule has 0 saturated heterocycles. The van der Waals surface area contributed by atoms with Gasteiger partial charge in [0.1, 0.15) is 0 Å². The van der Waals surface area contributed by atoms with Crippen LogP contribution in [0.5, 0.6) is 0 Å². The Morgan fingerprint density at radius 3 is 2.13 bits per heavy atom. The highest BCUT2D eigenvalue weighted by atomic mass is 32.2. The van der Waals surface area contributed by atoms with Crippen LogP contribution in [0, 0.1) is 6.92 Å². The fourth-order valence-corrected chi connectivity index (χ4v) is 4.76. The quantitative estimate of drug-likeness (QED) is 0.866. The molecule has 0 fully saturated rings. The summed E-state index contributed by atoms with van der Waals surface area (Å²) < 4.78 is 51.8. The van der Waals surface area contributed by atoms with Gasteiger partial charge in [-0.15, -0.1) is 0 Å². The largest absolute Gasteiger partial charge is 0.278 e. The molecule has 1 N–H and O–H groups in total. The van der Waals surface area contributed by atoms with Crippen molar-refractivity contribution in [2.75, 3.05) is 10.5 Å². The van der Waals surface area contributed by atoms with Crippen LogP contribution in [0.25, 0.3) is 0 Å². The van der Waals surface area contributed by atoms with Gasteiger partial charge in [0.15, 0.2) is 9.84 Å². The minimum Gasteiger partial charge on any atom is -0.278 e. The zero-order chi connectivity index (χ0) is 17.1. The Labute approximate surface area is 137 Å². The van der Waals surface area contributed by atoms with E-state index in [9.17, 15) is 16.8 Å². The molecular formula is C16H19NO4S2. The third-order valence-electron chi connectivity index (χ3n) is 3.27. The number of sulfonamides is 1. The van der Waals surface area contributed by atoms with Crippen LogP contribution in [0.2, 0.25) is 0 Å². The van der Waals surface area contributed by atoms with Crippen LogP contribution in [0.1, 0.15) is 18.9 Å². The van der Waals surface area contributed by atoms with E-state index >= 15 is 0 Å². The normalized spacial score (nSPS) is 12.1. The average molecular weight is 353 g/mol. The fraction of sp³-hybridized carbons (Fsp3) is 0.250. The predicted octanol–water partition coefficient (Wildman–Crippen LogP) is 2.98. The van der Waals surface area contributed by atoms with Crippen molar-refractivity contribution in [3.8, 4) is 0 Å². The summed E-state index contributed by atoms with van der Waals surface area (Å²) in [5.74, 6) is -0.0315. The van der Waals surface area contributed by atoms with Crippen LogP contribution in [-0.2, 0) is 19.9 Å². The number of rotatable bonds is 6. The van der Waals surface area contributed by atoms with Gasteiger partial charge in [-0.25, -0.2) is 16.8 Å². The minimum atomic E-state index is -3.84. The number of aryl methyl sites for hydroxylation is 1. The molecule has 0 aliphatic rings. The van der Waals surface area contributed by atoms with E-state index in [1.807, 2.05) is 6.92 Å². The Bertz CT molecular complexity index is 886. The van der Waals surface area contributed by atoms with E-state index in [1.54, 1.807) is 31.2 Å². The van der Waals surface area contributed by atoms with Gasteiger partial charge in [-0.2, -0.15) is 0 Å². The van der Waals surface area contributed by atoms with Crippen LogP contribution in [0.15, 0.2) is 58.3 Å². The van der Waals surface area contributed by atoms with E-state index in [1.165, 1.54) is 24.3 Å². The van der Waals surface area contributed by atoms with Gasteiger partial charge < -0.3 is 0 Å². The maximum absolute atomic E-state index is 12.4. The zero-order valence-electron chi connectivity index (χ0n) is 13.0. The molecule has 5 nitrogen and oxygen atoms in total. The third kappa shape index (κ3) is 4.11. The zero-order valence-corrected chi connectivity index (χ0v) is 14.6. The molecule has 0 saturated carbocycles. The molecule has 0 heterocycles. The highest BCUT2D eigenvalue weighted by Crippen LogP contribution is 2.25. The van der Waals surface area contributed by atoms with E-state index in [4.69, 9.17) is 0 Å². The Balaban J connectivity index is 2.43. The first kappa shape index (κ1) is 17.5. The molecule has 7 heteroatoms. The van der Waals surface area contributed by atoms with Crippen molar-refractivity contribution in [3.05, 3.63) is 54.1 Å². The van der Waals surface area contributed by atoms with E-state index in [0.29, 0.717) is 6.42 Å². The fourth-order valence-electron chi connectivity index (χ4n) is 2.12. The molecule has 0 aliphatic carbocycles. The lowest BCUT2D eigenvalue weighted by molar-refractivity contribution is 0.595. The van der Waals surface area contributed by atoms with Crippen molar-refractivity contribution in [1.82, 2.24) is 0 Å². The van der Waals surface area contributed by atoms with Gasteiger partial charge in [-0.1, -0.05) is 36.8 Å². The van der Waals surface area contributed by atoms with E-state index in [0.717, 1.165) is 5.56 Å². The first-order chi connectivity index (χ1) is 10.8. The third-order valence-corrected chi connectivity index (χ3v) is 6.62. The number of benzene rings is 2. The number of para-hydroxylation sites is 1. The van der Waals surface area contributed by atoms with Gasteiger partial charge in [0, 0.05) is 0 Å². The summed E-state index contributed by atoms with van der Waals surface area (Å²) in [6.07, 6.45) is 0.460. The van der Waals surface area contributed by atoms with Crippen molar-refractivity contribution in [1.29, 1.82) is 0 Å². The Hall–Kier alpha value is -1.86. The molecule has 2 rings (SSSR count). The Morgan fingerprint density at radius 2 is 1.52 bits per heavy atom. The summed E-state index contributed by atoms with van der Waals surface area (Å²) in [6.45, 7) is 3.62. The summed E-state index contributed by atoms with van der Waals surface area (Å²) in [4.78, 5) is 0.0864. The van der Waals surface area contributed by atoms with Crippen molar-refractivity contribution in [3.63, 3.8) is 0 Å². The summed E-state index contributed by atoms with van der Waals surface area (Å²) in [5, 5.41) is 0. The van der Waals surface area contributed by atoms with Gasteiger partial charge in [-0.05, 0) is 37.6 Å². The lowest BCUT2D eigenvalue weighted by Crippen LogP contribution is -2.16. The van der Waals surface area contributed by atoms with Crippen molar-refractivity contribution < 1.29 is 16.8 Å². The molecule has 0 bridgehead atoms. The van der Waals surface area contributed by atoms with Crippen molar-refractivity contribution in [2.24, 2.45) is 0 Å². The highest BCUT2D eigenvalue weighted by molar-refractivity contribution is 7.93. The van der Waals surface area contributed by atoms with Gasteiger partial charge in [-0.3, -0.25) is 4.72 Å². The molecule has 2 aromatic rings. The van der Waals surface area contributed by atoms with E-state index < -0.39 is 19.9 Å². The molecule has 0 spiro atoms. The summed E-state index contributed by atoms with van der Waals surface area (Å²) in [5.41, 5.74) is 1.01. The van der Waals surface area contributed by atoms with Gasteiger partial charge in [0.2, 0.25) is 0 Å². The van der Waals surface area contributed by atoms with Crippen LogP contribution in [0.4, 0.5) is 5.69 Å². The van der Waals surface area contributed by atoms with E-state index in [2.05, 4.69) is 4.72 Å². The first-order valence-electron chi connectivity index (χ1n) is 7.17. The molecule has 0 unspecified atom stereocenters. The predicted molar refractivity (Wildman–Crippen MR) is 90.8 cm³/mol. The lowest BCUT2D eigenvalue weighted by Gasteiger charge is -2.13. The molecule has 124 valence electrons. The second-order valence-electron chi connectivity index (χ2n) is 5.23. The smallest absolute Gasteiger partial charge is 0.261 e. The highest BCUT2D eigenvalue weighted by Gasteiger charge is 2.21. The van der Waals surface area contributed by atoms with Crippen LogP contribution in [0.3, 0.4) is 0 Å². The number of hydrogen-bond donors (Lipinski definition) is 1. The number of nitrogens with one attached hydrogen (secondary N) is 1. The second-order valence-corrected chi connectivity index (χ2v) is 8.99. The number of anilines is 1. The van der Waals surface area contributed by atoms with Gasteiger partial charge in [0.25, 0.3) is 10.0 Å². The summed E-state index contributed by atoms with van der Waals surface area (Å²) in [7, 11) is -7.37. The lowest BCUT2D eigenvalue weighted by atomic mass is 10.2. The SMILES string of the molecule is CCCS(=O)(=O)c1ccccc1NS(=O)(=O)c1ccc(C)cc1. The van der Waals surface area contributed by atoms with Crippen LogP contribution >= 0.6 is 0 Å². The Morgan fingerprint density at radius 1 is 0.913 bits per heavy atom. The molecule has 0 radical (unpaired) electrons. The Kier molecular flexibility index (Phi) is 5.11. The second kappa shape index (κ2) is 6.72. The van der Waals surface area contributed by atoms with Crippen LogP contribution < -0.4 is 4.72 Å². The summed E-state index contributed by atoms with van der Waals surface area (Å²) in [6, 6.07) is 12.4. The van der Waals surface area contributed by atoms with Crippen molar-refractivity contribution >= 4 is 25.5 Å². The molecule has 0 amide bonds. The molecular weight excluding hydrogens is 334 g/mol. The number of hydrogen-bond acceptors (Lipinski definition) is 4. The monoisotopic (exact) mass is 353 g/mol. The first-order valence-corrected chi connectivity index (χ1v) is 10.3. The molecule has 0 atom stereocenters. The maximum Gasteiger partial charge on any atom is 0.261 e. The van der Waals surface area contributed by atoms with Gasteiger partial charge >= 0.3 is 0 Å². The molecule has 0 aromatic heterocycles. The molecule has 2 aromatic carbocycles. The molecule has 0 aliphatic heterocycles. The topological polar surface area (TPSA) is 80.3 Å². The van der Waals surface area contributed by atoms with E-state index in [-0.39, 0.29) is 21.2 Å². The standard InChI is InChI=1S/C16H19NO4S2/c1-3-12-22(18,19)16-7-5-4-6-15(16)17-23(20,21)14-10-8-13(2)9-11-14/h4-11,17H,3,12H2,1-2H3. The number of sulfone groups is 1. The molecule has 23 heavy (non-hydrogen) atoms.